The number of benzene rings is 1. The molecule has 138 valence electrons. The zero-order valence-corrected chi connectivity index (χ0v) is 17.3. The minimum absolute atomic E-state index is 0.142. The zero-order valence-electron chi connectivity index (χ0n) is 14.9. The van der Waals surface area contributed by atoms with Crippen LogP contribution in [0.5, 0.6) is 0 Å². The van der Waals surface area contributed by atoms with Crippen molar-refractivity contribution in [2.75, 3.05) is 17.6 Å². The molecule has 8 heteroatoms. The molecule has 0 saturated carbocycles. The number of halogens is 1. The normalized spacial score (nSPS) is 10.5. The van der Waals surface area contributed by atoms with Gasteiger partial charge in [-0.15, -0.1) is 0 Å². The molecule has 2 rings (SSSR count). The van der Waals surface area contributed by atoms with E-state index in [1.165, 1.54) is 11.8 Å². The smallest absolute Gasteiger partial charge is 0.230 e. The molecule has 0 bridgehead atoms. The number of amides is 2. The molecule has 0 atom stereocenters. The van der Waals surface area contributed by atoms with E-state index >= 15 is 0 Å². The summed E-state index contributed by atoms with van der Waals surface area (Å²) in [5.74, 6) is -0.0732. The highest BCUT2D eigenvalue weighted by Gasteiger charge is 2.08. The number of hydrogen-bond acceptors (Lipinski definition) is 5. The van der Waals surface area contributed by atoms with Crippen molar-refractivity contribution in [3.8, 4) is 0 Å². The molecular formula is C18H21BrN4O2S. The number of aromatic nitrogens is 2. The van der Waals surface area contributed by atoms with E-state index in [0.29, 0.717) is 5.16 Å². The SMILES string of the molecule is Cc1cc(C)nc(SCC(=O)NCCC(=O)Nc2cc(Br)ccc2C)n1. The summed E-state index contributed by atoms with van der Waals surface area (Å²) in [7, 11) is 0. The van der Waals surface area contributed by atoms with Crippen LogP contribution in [0, 0.1) is 20.8 Å². The van der Waals surface area contributed by atoms with Crippen molar-refractivity contribution in [3.05, 3.63) is 45.7 Å². The van der Waals surface area contributed by atoms with E-state index in [9.17, 15) is 9.59 Å². The summed E-state index contributed by atoms with van der Waals surface area (Å²) in [5.41, 5.74) is 3.49. The molecule has 2 amide bonds. The van der Waals surface area contributed by atoms with Gasteiger partial charge in [-0.1, -0.05) is 33.8 Å². The summed E-state index contributed by atoms with van der Waals surface area (Å²) < 4.78 is 0.900. The summed E-state index contributed by atoms with van der Waals surface area (Å²) in [6.07, 6.45) is 0.211. The molecule has 0 aliphatic heterocycles. The molecule has 1 heterocycles. The predicted molar refractivity (Wildman–Crippen MR) is 107 cm³/mol. The van der Waals surface area contributed by atoms with Crippen LogP contribution in [-0.2, 0) is 9.59 Å². The maximum Gasteiger partial charge on any atom is 0.230 e. The number of hydrogen-bond donors (Lipinski definition) is 2. The monoisotopic (exact) mass is 436 g/mol. The van der Waals surface area contributed by atoms with Gasteiger partial charge < -0.3 is 10.6 Å². The molecule has 26 heavy (non-hydrogen) atoms. The molecular weight excluding hydrogens is 416 g/mol. The van der Waals surface area contributed by atoms with E-state index in [2.05, 4.69) is 36.5 Å². The van der Waals surface area contributed by atoms with Gasteiger partial charge in [0, 0.05) is 34.5 Å². The van der Waals surface area contributed by atoms with Gasteiger partial charge >= 0.3 is 0 Å². The van der Waals surface area contributed by atoms with E-state index in [4.69, 9.17) is 0 Å². The minimum atomic E-state index is -0.149. The van der Waals surface area contributed by atoms with Gasteiger partial charge in [0.1, 0.15) is 0 Å². The molecule has 1 aromatic carbocycles. The van der Waals surface area contributed by atoms with Crippen molar-refractivity contribution in [1.82, 2.24) is 15.3 Å². The van der Waals surface area contributed by atoms with Crippen molar-refractivity contribution >= 4 is 45.2 Å². The Morgan fingerprint density at radius 3 is 2.46 bits per heavy atom. The average molecular weight is 437 g/mol. The Morgan fingerprint density at radius 2 is 1.77 bits per heavy atom. The maximum atomic E-state index is 12.0. The fourth-order valence-corrected chi connectivity index (χ4v) is 3.34. The van der Waals surface area contributed by atoms with Crippen molar-refractivity contribution in [1.29, 1.82) is 0 Å². The molecule has 0 spiro atoms. The number of nitrogens with one attached hydrogen (secondary N) is 2. The van der Waals surface area contributed by atoms with E-state index in [-0.39, 0.29) is 30.5 Å². The second kappa shape index (κ2) is 9.68. The highest BCUT2D eigenvalue weighted by atomic mass is 79.9. The summed E-state index contributed by atoms with van der Waals surface area (Å²) in [5, 5.41) is 6.17. The van der Waals surface area contributed by atoms with Crippen LogP contribution in [0.4, 0.5) is 5.69 Å². The Morgan fingerprint density at radius 1 is 1.08 bits per heavy atom. The third-order valence-corrected chi connectivity index (χ3v) is 4.78. The summed E-state index contributed by atoms with van der Waals surface area (Å²) in [6, 6.07) is 7.58. The Hall–Kier alpha value is -1.93. The Balaban J connectivity index is 1.72. The largest absolute Gasteiger partial charge is 0.355 e. The highest BCUT2D eigenvalue weighted by Crippen LogP contribution is 2.20. The number of aryl methyl sites for hydroxylation is 3. The van der Waals surface area contributed by atoms with Crippen molar-refractivity contribution in [3.63, 3.8) is 0 Å². The molecule has 2 aromatic rings. The fraction of sp³-hybridized carbons (Fsp3) is 0.333. The number of carbonyl (C=O) groups excluding carboxylic acids is 2. The first-order chi connectivity index (χ1) is 12.3. The van der Waals surface area contributed by atoms with Crippen LogP contribution in [-0.4, -0.2) is 34.1 Å². The third-order valence-electron chi connectivity index (χ3n) is 3.44. The van der Waals surface area contributed by atoms with Gasteiger partial charge in [0.05, 0.1) is 5.75 Å². The van der Waals surface area contributed by atoms with Gasteiger partial charge in [0.2, 0.25) is 11.8 Å². The quantitative estimate of drug-likeness (QED) is 0.513. The lowest BCUT2D eigenvalue weighted by molar-refractivity contribution is -0.119. The molecule has 0 fully saturated rings. The van der Waals surface area contributed by atoms with Crippen LogP contribution >= 0.6 is 27.7 Å². The van der Waals surface area contributed by atoms with Gasteiger partial charge in [0.15, 0.2) is 5.16 Å². The minimum Gasteiger partial charge on any atom is -0.355 e. The average Bonchev–Trinajstić information content (AvgIpc) is 2.55. The van der Waals surface area contributed by atoms with Crippen LogP contribution in [0.2, 0.25) is 0 Å². The number of carbonyl (C=O) groups is 2. The number of nitrogens with zero attached hydrogens (tertiary/aromatic N) is 2. The van der Waals surface area contributed by atoms with Crippen LogP contribution in [0.15, 0.2) is 33.9 Å². The van der Waals surface area contributed by atoms with Gasteiger partial charge in [-0.3, -0.25) is 9.59 Å². The van der Waals surface area contributed by atoms with Gasteiger partial charge in [-0.2, -0.15) is 0 Å². The van der Waals surface area contributed by atoms with Gasteiger partial charge in [-0.25, -0.2) is 9.97 Å². The molecule has 0 saturated heterocycles. The lowest BCUT2D eigenvalue weighted by Crippen LogP contribution is -2.29. The van der Waals surface area contributed by atoms with E-state index in [1.54, 1.807) is 0 Å². The maximum absolute atomic E-state index is 12.0. The first-order valence-corrected chi connectivity index (χ1v) is 9.89. The fourth-order valence-electron chi connectivity index (χ4n) is 2.20. The number of thioether (sulfide) groups is 1. The summed E-state index contributed by atoms with van der Waals surface area (Å²) >= 11 is 4.66. The van der Waals surface area contributed by atoms with E-state index in [0.717, 1.165) is 27.1 Å². The predicted octanol–water partition coefficient (Wildman–Crippen LogP) is 3.40. The lowest BCUT2D eigenvalue weighted by Gasteiger charge is -2.09. The molecule has 0 unspecified atom stereocenters. The molecule has 6 nitrogen and oxygen atoms in total. The molecule has 0 aliphatic carbocycles. The van der Waals surface area contributed by atoms with Crippen LogP contribution < -0.4 is 10.6 Å². The molecule has 1 aromatic heterocycles. The van der Waals surface area contributed by atoms with Gasteiger partial charge in [0.25, 0.3) is 0 Å². The third kappa shape index (κ3) is 6.76. The Kier molecular flexibility index (Phi) is 7.59. The topological polar surface area (TPSA) is 84.0 Å². The van der Waals surface area contributed by atoms with Crippen LogP contribution in [0.1, 0.15) is 23.4 Å². The second-order valence-electron chi connectivity index (χ2n) is 5.83. The van der Waals surface area contributed by atoms with Crippen molar-refractivity contribution < 1.29 is 9.59 Å². The second-order valence-corrected chi connectivity index (χ2v) is 7.69. The van der Waals surface area contributed by atoms with Crippen LogP contribution in [0.3, 0.4) is 0 Å². The number of rotatable bonds is 7. The van der Waals surface area contributed by atoms with Crippen molar-refractivity contribution in [2.45, 2.75) is 32.3 Å². The first-order valence-electron chi connectivity index (χ1n) is 8.11. The van der Waals surface area contributed by atoms with E-state index < -0.39 is 0 Å². The first kappa shape index (κ1) is 20.4. The number of anilines is 1. The summed E-state index contributed by atoms with van der Waals surface area (Å²) in [4.78, 5) is 32.5. The van der Waals surface area contributed by atoms with E-state index in [1.807, 2.05) is 45.0 Å². The lowest BCUT2D eigenvalue weighted by atomic mass is 10.2. The Labute approximate surface area is 165 Å². The standard InChI is InChI=1S/C18H21BrN4O2S/c1-11-4-5-14(19)9-15(11)23-16(24)6-7-20-17(25)10-26-18-21-12(2)8-13(3)22-18/h4-5,8-9H,6-7,10H2,1-3H3,(H,20,25)(H,23,24). The van der Waals surface area contributed by atoms with Crippen LogP contribution in [0.25, 0.3) is 0 Å². The summed E-state index contributed by atoms with van der Waals surface area (Å²) in [6.45, 7) is 6.00. The molecule has 2 N–H and O–H groups in total. The van der Waals surface area contributed by atoms with Crippen molar-refractivity contribution in [2.24, 2.45) is 0 Å². The molecule has 0 radical (unpaired) electrons. The molecule has 0 aliphatic rings. The highest BCUT2D eigenvalue weighted by molar-refractivity contribution is 9.10. The zero-order chi connectivity index (χ0) is 19.1. The Bertz CT molecular complexity index is 794. The van der Waals surface area contributed by atoms with Gasteiger partial charge in [-0.05, 0) is 44.5 Å².